The predicted octanol–water partition coefficient (Wildman–Crippen LogP) is 0.981. The molecule has 0 aliphatic carbocycles. The Morgan fingerprint density at radius 1 is 1.37 bits per heavy atom. The standard InChI is InChI=1S/C12H24N4O2S/c1-5-11-13-8-12(14-11)19(17,18)15-10(4)9-16(6-2)7-3/h8,10,15H,5-7,9H2,1-4H3,(H,13,14). The van der Waals surface area contributed by atoms with Gasteiger partial charge in [0.15, 0.2) is 5.03 Å². The average molecular weight is 288 g/mol. The number of aryl methyl sites for hydroxylation is 1. The number of hydrogen-bond donors (Lipinski definition) is 2. The van der Waals surface area contributed by atoms with Crippen LogP contribution in [0.2, 0.25) is 0 Å². The molecule has 1 unspecified atom stereocenters. The third-order valence-electron chi connectivity index (χ3n) is 3.01. The summed E-state index contributed by atoms with van der Waals surface area (Å²) in [6.07, 6.45) is 2.05. The van der Waals surface area contributed by atoms with E-state index in [9.17, 15) is 8.42 Å². The van der Waals surface area contributed by atoms with Gasteiger partial charge in [-0.3, -0.25) is 0 Å². The highest BCUT2D eigenvalue weighted by atomic mass is 32.2. The molecule has 1 heterocycles. The van der Waals surface area contributed by atoms with E-state index in [1.54, 1.807) is 0 Å². The van der Waals surface area contributed by atoms with Gasteiger partial charge in [-0.2, -0.15) is 0 Å². The van der Waals surface area contributed by atoms with Gasteiger partial charge in [0, 0.05) is 19.0 Å². The van der Waals surface area contributed by atoms with E-state index < -0.39 is 10.0 Å². The van der Waals surface area contributed by atoms with Crippen molar-refractivity contribution in [2.24, 2.45) is 0 Å². The van der Waals surface area contributed by atoms with Crippen LogP contribution in [0.3, 0.4) is 0 Å². The van der Waals surface area contributed by atoms with Crippen molar-refractivity contribution < 1.29 is 8.42 Å². The molecular formula is C12H24N4O2S. The zero-order chi connectivity index (χ0) is 14.5. The molecule has 1 aromatic rings. The lowest BCUT2D eigenvalue weighted by atomic mass is 10.3. The van der Waals surface area contributed by atoms with Gasteiger partial charge in [-0.05, 0) is 20.0 Å². The van der Waals surface area contributed by atoms with Gasteiger partial charge in [-0.15, -0.1) is 0 Å². The molecule has 1 atom stereocenters. The van der Waals surface area contributed by atoms with Crippen molar-refractivity contribution in [2.45, 2.75) is 45.2 Å². The molecule has 0 saturated carbocycles. The maximum atomic E-state index is 12.1. The number of hydrogen-bond acceptors (Lipinski definition) is 4. The summed E-state index contributed by atoms with van der Waals surface area (Å²) in [5, 5.41) is 0.135. The SMILES string of the molecule is CCc1ncc(S(=O)(=O)NC(C)CN(CC)CC)[nH]1. The number of sulfonamides is 1. The summed E-state index contributed by atoms with van der Waals surface area (Å²) in [5.74, 6) is 0.678. The van der Waals surface area contributed by atoms with Crippen LogP contribution in [-0.4, -0.2) is 49.0 Å². The number of H-pyrrole nitrogens is 1. The zero-order valence-electron chi connectivity index (χ0n) is 12.1. The Morgan fingerprint density at radius 2 is 2.00 bits per heavy atom. The molecule has 0 bridgehead atoms. The second kappa shape index (κ2) is 7.02. The van der Waals surface area contributed by atoms with Gasteiger partial charge < -0.3 is 9.88 Å². The molecule has 110 valence electrons. The number of likely N-dealkylation sites (N-methyl/N-ethyl adjacent to an activating group) is 1. The van der Waals surface area contributed by atoms with Gasteiger partial charge in [0.05, 0.1) is 6.20 Å². The molecule has 0 amide bonds. The molecule has 1 rings (SSSR count). The molecule has 2 N–H and O–H groups in total. The summed E-state index contributed by atoms with van der Waals surface area (Å²) in [4.78, 5) is 9.01. The number of aromatic amines is 1. The fraction of sp³-hybridized carbons (Fsp3) is 0.750. The largest absolute Gasteiger partial charge is 0.332 e. The second-order valence-corrected chi connectivity index (χ2v) is 6.24. The number of rotatable bonds is 8. The minimum atomic E-state index is -3.51. The van der Waals surface area contributed by atoms with E-state index in [0.29, 0.717) is 18.8 Å². The third-order valence-corrected chi connectivity index (χ3v) is 4.51. The van der Waals surface area contributed by atoms with Gasteiger partial charge in [-0.25, -0.2) is 18.1 Å². The fourth-order valence-electron chi connectivity index (χ4n) is 1.89. The van der Waals surface area contributed by atoms with Crippen LogP contribution in [0.1, 0.15) is 33.5 Å². The molecule has 0 fully saturated rings. The first-order valence-electron chi connectivity index (χ1n) is 6.71. The summed E-state index contributed by atoms with van der Waals surface area (Å²) in [6.45, 7) is 10.4. The summed E-state index contributed by atoms with van der Waals surface area (Å²) in [6, 6.07) is -0.140. The topological polar surface area (TPSA) is 78.1 Å². The lowest BCUT2D eigenvalue weighted by Crippen LogP contribution is -2.41. The minimum absolute atomic E-state index is 0.135. The Morgan fingerprint density at radius 3 is 2.47 bits per heavy atom. The van der Waals surface area contributed by atoms with E-state index in [1.165, 1.54) is 6.20 Å². The molecule has 0 aromatic carbocycles. The molecule has 6 nitrogen and oxygen atoms in total. The Labute approximate surface area is 115 Å². The van der Waals surface area contributed by atoms with Crippen LogP contribution in [0.4, 0.5) is 0 Å². The lowest BCUT2D eigenvalue weighted by molar-refractivity contribution is 0.282. The van der Waals surface area contributed by atoms with Crippen LogP contribution in [-0.2, 0) is 16.4 Å². The maximum Gasteiger partial charge on any atom is 0.257 e. The fourth-order valence-corrected chi connectivity index (χ4v) is 3.07. The van der Waals surface area contributed by atoms with Gasteiger partial charge in [0.1, 0.15) is 5.82 Å². The zero-order valence-corrected chi connectivity index (χ0v) is 12.9. The predicted molar refractivity (Wildman–Crippen MR) is 75.5 cm³/mol. The maximum absolute atomic E-state index is 12.1. The number of nitrogens with one attached hydrogen (secondary N) is 2. The first-order valence-corrected chi connectivity index (χ1v) is 8.19. The Hall–Kier alpha value is -0.920. The lowest BCUT2D eigenvalue weighted by Gasteiger charge is -2.22. The highest BCUT2D eigenvalue weighted by Crippen LogP contribution is 2.07. The van der Waals surface area contributed by atoms with Crippen LogP contribution in [0.25, 0.3) is 0 Å². The van der Waals surface area contributed by atoms with E-state index in [1.807, 2.05) is 13.8 Å². The smallest absolute Gasteiger partial charge is 0.257 e. The number of nitrogens with zero attached hydrogens (tertiary/aromatic N) is 2. The molecule has 0 radical (unpaired) electrons. The van der Waals surface area contributed by atoms with E-state index in [0.717, 1.165) is 13.1 Å². The molecule has 19 heavy (non-hydrogen) atoms. The van der Waals surface area contributed by atoms with Crippen molar-refractivity contribution in [1.82, 2.24) is 19.6 Å². The highest BCUT2D eigenvalue weighted by molar-refractivity contribution is 7.89. The average Bonchev–Trinajstić information content (AvgIpc) is 2.84. The third kappa shape index (κ3) is 4.59. The van der Waals surface area contributed by atoms with E-state index in [-0.39, 0.29) is 11.1 Å². The molecule has 7 heteroatoms. The van der Waals surface area contributed by atoms with Crippen LogP contribution in [0.5, 0.6) is 0 Å². The molecule has 0 aliphatic rings. The van der Waals surface area contributed by atoms with Crippen LogP contribution < -0.4 is 4.72 Å². The Kier molecular flexibility index (Phi) is 5.96. The van der Waals surface area contributed by atoms with Crippen molar-refractivity contribution >= 4 is 10.0 Å². The summed E-state index contributed by atoms with van der Waals surface area (Å²) in [5.41, 5.74) is 0. The summed E-state index contributed by atoms with van der Waals surface area (Å²) in [7, 11) is -3.51. The molecule has 1 aromatic heterocycles. The van der Waals surface area contributed by atoms with Crippen molar-refractivity contribution in [1.29, 1.82) is 0 Å². The monoisotopic (exact) mass is 288 g/mol. The van der Waals surface area contributed by atoms with E-state index in [2.05, 4.69) is 33.4 Å². The van der Waals surface area contributed by atoms with Crippen molar-refractivity contribution in [2.75, 3.05) is 19.6 Å². The van der Waals surface area contributed by atoms with Gasteiger partial charge >= 0.3 is 0 Å². The minimum Gasteiger partial charge on any atom is -0.332 e. The van der Waals surface area contributed by atoms with Crippen molar-refractivity contribution in [3.63, 3.8) is 0 Å². The number of aromatic nitrogens is 2. The van der Waals surface area contributed by atoms with Crippen molar-refractivity contribution in [3.8, 4) is 0 Å². The molecule has 0 saturated heterocycles. The van der Waals surface area contributed by atoms with Crippen molar-refractivity contribution in [3.05, 3.63) is 12.0 Å². The van der Waals surface area contributed by atoms with Gasteiger partial charge in [0.25, 0.3) is 10.0 Å². The summed E-state index contributed by atoms with van der Waals surface area (Å²) < 4.78 is 26.9. The molecule has 0 spiro atoms. The molecular weight excluding hydrogens is 264 g/mol. The summed E-state index contributed by atoms with van der Waals surface area (Å²) >= 11 is 0. The quantitative estimate of drug-likeness (QED) is 0.747. The van der Waals surface area contributed by atoms with Gasteiger partial charge in [-0.1, -0.05) is 20.8 Å². The first-order chi connectivity index (χ1) is 8.92. The Bertz CT molecular complexity index is 480. The Balaban J connectivity index is 2.68. The van der Waals surface area contributed by atoms with E-state index >= 15 is 0 Å². The second-order valence-electron chi connectivity index (χ2n) is 4.56. The highest BCUT2D eigenvalue weighted by Gasteiger charge is 2.20. The first kappa shape index (κ1) is 16.1. The van der Waals surface area contributed by atoms with E-state index in [4.69, 9.17) is 0 Å². The van der Waals surface area contributed by atoms with Crippen LogP contribution >= 0.6 is 0 Å². The van der Waals surface area contributed by atoms with Crippen LogP contribution in [0.15, 0.2) is 11.2 Å². The van der Waals surface area contributed by atoms with Crippen LogP contribution in [0, 0.1) is 0 Å². The van der Waals surface area contributed by atoms with Gasteiger partial charge in [0.2, 0.25) is 0 Å². The normalized spacial score (nSPS) is 13.9. The molecule has 0 aliphatic heterocycles. The number of imidazole rings is 1.